The van der Waals surface area contributed by atoms with E-state index in [1.165, 1.54) is 7.05 Å². The van der Waals surface area contributed by atoms with E-state index in [0.717, 1.165) is 19.5 Å². The predicted octanol–water partition coefficient (Wildman–Crippen LogP) is -1.13. The molecule has 0 aliphatic rings. The topological polar surface area (TPSA) is 78.1 Å². The van der Waals surface area contributed by atoms with Crippen LogP contribution < -0.4 is 17.2 Å². The van der Waals surface area contributed by atoms with Crippen LogP contribution in [0.5, 0.6) is 0 Å². The second kappa shape index (κ2) is 16.9. The molecule has 0 aliphatic heterocycles. The molecule has 3 heteroatoms. The summed E-state index contributed by atoms with van der Waals surface area (Å²) in [7, 11) is 1.50. The highest BCUT2D eigenvalue weighted by atomic mass is 14.6. The summed E-state index contributed by atoms with van der Waals surface area (Å²) < 4.78 is 0. The molecule has 0 aromatic rings. The van der Waals surface area contributed by atoms with Crippen molar-refractivity contribution in [1.82, 2.24) is 0 Å². The summed E-state index contributed by atoms with van der Waals surface area (Å²) in [5, 5.41) is 0. The number of rotatable bonds is 2. The van der Waals surface area contributed by atoms with Crippen LogP contribution in [0.3, 0.4) is 0 Å². The zero-order chi connectivity index (χ0) is 6.12. The maximum Gasteiger partial charge on any atom is -0.00653 e. The normalized spacial score (nSPS) is 6.86. The minimum atomic E-state index is 0.719. The third-order valence-corrected chi connectivity index (χ3v) is 0.408. The van der Waals surface area contributed by atoms with E-state index in [1.807, 2.05) is 0 Å². The Bertz CT molecular complexity index is 14.4. The summed E-state index contributed by atoms with van der Waals surface area (Å²) in [6.45, 7) is 1.44. The van der Waals surface area contributed by atoms with E-state index in [1.54, 1.807) is 0 Å². The summed E-state index contributed by atoms with van der Waals surface area (Å²) in [6.07, 6.45) is 0.944. The molecule has 0 unspecified atom stereocenters. The molecule has 0 heterocycles. The Morgan fingerprint density at radius 3 is 1.29 bits per heavy atom. The third kappa shape index (κ3) is 25.0. The van der Waals surface area contributed by atoms with Gasteiger partial charge in [-0.3, -0.25) is 0 Å². The van der Waals surface area contributed by atoms with E-state index in [9.17, 15) is 0 Å². The van der Waals surface area contributed by atoms with Crippen molar-refractivity contribution in [2.45, 2.75) is 6.42 Å². The first-order chi connectivity index (χ1) is 3.41. The summed E-state index contributed by atoms with van der Waals surface area (Å²) >= 11 is 0. The van der Waals surface area contributed by atoms with Gasteiger partial charge in [0, 0.05) is 0 Å². The minimum absolute atomic E-state index is 0.719. The molecule has 46 valence electrons. The van der Waals surface area contributed by atoms with E-state index in [4.69, 9.17) is 11.5 Å². The summed E-state index contributed by atoms with van der Waals surface area (Å²) in [4.78, 5) is 0. The predicted molar refractivity (Wildman–Crippen MR) is 32.8 cm³/mol. The molecule has 0 aliphatic carbocycles. The second-order valence-electron chi connectivity index (χ2n) is 0.931. The lowest BCUT2D eigenvalue weighted by molar-refractivity contribution is 0.844. The van der Waals surface area contributed by atoms with Gasteiger partial charge in [0.1, 0.15) is 0 Å². The van der Waals surface area contributed by atoms with Crippen LogP contribution in [0.1, 0.15) is 6.42 Å². The standard InChI is InChI=1S/C3H10N2.CH5N/c4-2-1-3-5;1-2/h1-5H2;2H2,1H3. The van der Waals surface area contributed by atoms with Gasteiger partial charge < -0.3 is 17.2 Å². The highest BCUT2D eigenvalue weighted by Crippen LogP contribution is 1.58. The van der Waals surface area contributed by atoms with Crippen molar-refractivity contribution in [1.29, 1.82) is 0 Å². The maximum absolute atomic E-state index is 5.06. The monoisotopic (exact) mass is 105 g/mol. The van der Waals surface area contributed by atoms with E-state index in [2.05, 4.69) is 5.73 Å². The van der Waals surface area contributed by atoms with Gasteiger partial charge in [-0.1, -0.05) is 0 Å². The van der Waals surface area contributed by atoms with Crippen LogP contribution >= 0.6 is 0 Å². The molecule has 3 nitrogen and oxygen atoms in total. The lowest BCUT2D eigenvalue weighted by atomic mass is 10.4. The molecular formula is C4H15N3. The van der Waals surface area contributed by atoms with Crippen LogP contribution in [-0.4, -0.2) is 20.1 Å². The third-order valence-electron chi connectivity index (χ3n) is 0.408. The fourth-order valence-corrected chi connectivity index (χ4v) is 0.118. The van der Waals surface area contributed by atoms with Crippen LogP contribution in [-0.2, 0) is 0 Å². The van der Waals surface area contributed by atoms with Crippen molar-refractivity contribution in [3.8, 4) is 0 Å². The van der Waals surface area contributed by atoms with E-state index in [-0.39, 0.29) is 0 Å². The van der Waals surface area contributed by atoms with Crippen molar-refractivity contribution >= 4 is 0 Å². The Kier molecular flexibility index (Phi) is 24.1. The Labute approximate surface area is 44.9 Å². The Morgan fingerprint density at radius 1 is 1.00 bits per heavy atom. The summed E-state index contributed by atoms with van der Waals surface area (Å²) in [5.74, 6) is 0. The first-order valence-corrected chi connectivity index (χ1v) is 2.39. The quantitative estimate of drug-likeness (QED) is 0.416. The molecular weight excluding hydrogens is 90.1 g/mol. The Hall–Kier alpha value is -0.120. The van der Waals surface area contributed by atoms with Gasteiger partial charge in [0.05, 0.1) is 0 Å². The van der Waals surface area contributed by atoms with Gasteiger partial charge in [-0.25, -0.2) is 0 Å². The molecule has 0 atom stereocenters. The zero-order valence-corrected chi connectivity index (χ0v) is 4.85. The first kappa shape index (κ1) is 9.99. The lowest BCUT2D eigenvalue weighted by Crippen LogP contribution is -2.06. The molecule has 0 saturated heterocycles. The summed E-state index contributed by atoms with van der Waals surface area (Å²) in [6, 6.07) is 0. The van der Waals surface area contributed by atoms with Gasteiger partial charge in [0.25, 0.3) is 0 Å². The molecule has 0 radical (unpaired) electrons. The SMILES string of the molecule is CN.NCCCN. The average Bonchev–Trinajstić information content (AvgIpc) is 1.75. The molecule has 0 aromatic carbocycles. The molecule has 0 rings (SSSR count). The van der Waals surface area contributed by atoms with Crippen molar-refractivity contribution < 1.29 is 0 Å². The molecule has 0 bridgehead atoms. The smallest absolute Gasteiger partial charge is 0.00653 e. The minimum Gasteiger partial charge on any atom is -0.333 e. The largest absolute Gasteiger partial charge is 0.333 e. The van der Waals surface area contributed by atoms with E-state index in [0.29, 0.717) is 0 Å². The number of hydrogen-bond acceptors (Lipinski definition) is 3. The van der Waals surface area contributed by atoms with Crippen molar-refractivity contribution in [2.24, 2.45) is 17.2 Å². The van der Waals surface area contributed by atoms with Crippen molar-refractivity contribution in [3.05, 3.63) is 0 Å². The fourth-order valence-electron chi connectivity index (χ4n) is 0.118. The van der Waals surface area contributed by atoms with Crippen LogP contribution in [0.25, 0.3) is 0 Å². The number of hydrogen-bond donors (Lipinski definition) is 3. The number of nitrogens with two attached hydrogens (primary N) is 3. The lowest BCUT2D eigenvalue weighted by Gasteiger charge is -1.81. The molecule has 0 amide bonds. The fraction of sp³-hybridized carbons (Fsp3) is 1.00. The van der Waals surface area contributed by atoms with Gasteiger partial charge >= 0.3 is 0 Å². The van der Waals surface area contributed by atoms with Crippen LogP contribution in [0.15, 0.2) is 0 Å². The molecule has 7 heavy (non-hydrogen) atoms. The zero-order valence-electron chi connectivity index (χ0n) is 4.85. The van der Waals surface area contributed by atoms with Crippen molar-refractivity contribution in [2.75, 3.05) is 20.1 Å². The van der Waals surface area contributed by atoms with E-state index < -0.39 is 0 Å². The molecule has 0 aromatic heterocycles. The van der Waals surface area contributed by atoms with Crippen LogP contribution in [0, 0.1) is 0 Å². The van der Waals surface area contributed by atoms with Gasteiger partial charge in [-0.2, -0.15) is 0 Å². The highest BCUT2D eigenvalue weighted by Gasteiger charge is 1.67. The van der Waals surface area contributed by atoms with E-state index >= 15 is 0 Å². The van der Waals surface area contributed by atoms with Gasteiger partial charge in [-0.05, 0) is 26.6 Å². The van der Waals surface area contributed by atoms with Gasteiger partial charge in [0.15, 0.2) is 0 Å². The molecule has 0 spiro atoms. The summed E-state index contributed by atoms with van der Waals surface area (Å²) in [5.41, 5.74) is 14.6. The van der Waals surface area contributed by atoms with Crippen molar-refractivity contribution in [3.63, 3.8) is 0 Å². The molecule has 0 fully saturated rings. The molecule has 0 saturated carbocycles. The second-order valence-corrected chi connectivity index (χ2v) is 0.931. The Morgan fingerprint density at radius 2 is 1.29 bits per heavy atom. The molecule has 6 N–H and O–H groups in total. The van der Waals surface area contributed by atoms with Crippen LogP contribution in [0.2, 0.25) is 0 Å². The van der Waals surface area contributed by atoms with Crippen LogP contribution in [0.4, 0.5) is 0 Å². The maximum atomic E-state index is 5.06. The van der Waals surface area contributed by atoms with Gasteiger partial charge in [-0.15, -0.1) is 0 Å². The average molecular weight is 105 g/mol. The Balaban J connectivity index is 0. The first-order valence-electron chi connectivity index (χ1n) is 2.39. The van der Waals surface area contributed by atoms with Gasteiger partial charge in [0.2, 0.25) is 0 Å². The highest BCUT2D eigenvalue weighted by molar-refractivity contribution is 4.33.